The van der Waals surface area contributed by atoms with E-state index in [1.807, 2.05) is 0 Å². The average Bonchev–Trinajstić information content (AvgIpc) is 1.62. The number of ether oxygens (including phenoxy) is 1. The molecule has 0 aliphatic heterocycles. The molecule has 0 fully saturated rings. The molecule has 50 valence electrons. The topological polar surface area (TPSA) is 29.5 Å². The smallest absolute Gasteiger partial charge is 0.345 e. The zero-order valence-corrected chi connectivity index (χ0v) is 4.07. The molecule has 0 bridgehead atoms. The van der Waals surface area contributed by atoms with Gasteiger partial charge in [-0.25, -0.2) is 4.39 Å². The summed E-state index contributed by atoms with van der Waals surface area (Å²) in [6.45, 7) is 0. The fraction of sp³-hybridized carbons (Fsp3) is 1.00. The van der Waals surface area contributed by atoms with Gasteiger partial charge in [-0.15, -0.1) is 0 Å². The van der Waals surface area contributed by atoms with Crippen LogP contribution in [0.25, 0.3) is 0 Å². The summed E-state index contributed by atoms with van der Waals surface area (Å²) < 4.78 is 37.2. The first kappa shape index (κ1) is 7.71. The molecule has 0 aliphatic rings. The van der Waals surface area contributed by atoms with Gasteiger partial charge in [-0.3, -0.25) is 0 Å². The van der Waals surface area contributed by atoms with Crippen molar-refractivity contribution in [3.8, 4) is 0 Å². The molecular formula is C3H5F3O2. The molecule has 0 heterocycles. The van der Waals surface area contributed by atoms with Crippen LogP contribution in [0.5, 0.6) is 0 Å². The Balaban J connectivity index is 3.62. The number of hydrogen-bond donors (Lipinski definition) is 1. The van der Waals surface area contributed by atoms with Gasteiger partial charge >= 0.3 is 6.11 Å². The second-order valence-electron chi connectivity index (χ2n) is 1.14. The summed E-state index contributed by atoms with van der Waals surface area (Å²) in [4.78, 5) is 0. The SMILES string of the molecule is COC(F)C(O)(F)F. The van der Waals surface area contributed by atoms with Crippen molar-refractivity contribution in [1.29, 1.82) is 0 Å². The van der Waals surface area contributed by atoms with E-state index in [9.17, 15) is 13.2 Å². The first-order valence-corrected chi connectivity index (χ1v) is 1.75. The van der Waals surface area contributed by atoms with Crippen LogP contribution in [0.1, 0.15) is 0 Å². The lowest BCUT2D eigenvalue weighted by atomic mass is 10.6. The average molecular weight is 130 g/mol. The van der Waals surface area contributed by atoms with E-state index in [1.54, 1.807) is 0 Å². The number of aliphatic hydroxyl groups is 1. The molecular weight excluding hydrogens is 125 g/mol. The largest absolute Gasteiger partial charge is 0.409 e. The highest BCUT2D eigenvalue weighted by Gasteiger charge is 2.37. The number of alkyl halides is 3. The zero-order chi connectivity index (χ0) is 6.78. The summed E-state index contributed by atoms with van der Waals surface area (Å²) >= 11 is 0. The van der Waals surface area contributed by atoms with Crippen molar-refractivity contribution in [2.24, 2.45) is 0 Å². The molecule has 0 spiro atoms. The molecule has 0 saturated carbocycles. The Hall–Kier alpha value is -0.290. The van der Waals surface area contributed by atoms with Crippen LogP contribution in [0.2, 0.25) is 0 Å². The zero-order valence-electron chi connectivity index (χ0n) is 4.07. The van der Waals surface area contributed by atoms with Crippen LogP contribution in [0.3, 0.4) is 0 Å². The van der Waals surface area contributed by atoms with Crippen LogP contribution in [-0.2, 0) is 4.74 Å². The maximum atomic E-state index is 11.4. The predicted molar refractivity (Wildman–Crippen MR) is 19.1 cm³/mol. The van der Waals surface area contributed by atoms with E-state index in [0.717, 1.165) is 7.11 Å². The fourth-order valence-corrected chi connectivity index (χ4v) is 0.142. The van der Waals surface area contributed by atoms with Crippen molar-refractivity contribution in [1.82, 2.24) is 0 Å². The van der Waals surface area contributed by atoms with E-state index in [1.165, 1.54) is 0 Å². The van der Waals surface area contributed by atoms with E-state index in [0.29, 0.717) is 0 Å². The molecule has 1 N–H and O–H groups in total. The Kier molecular flexibility index (Phi) is 2.24. The second-order valence-corrected chi connectivity index (χ2v) is 1.14. The number of methoxy groups -OCH3 is 1. The summed E-state index contributed by atoms with van der Waals surface area (Å²) in [5.74, 6) is 0. The minimum Gasteiger partial charge on any atom is -0.345 e. The van der Waals surface area contributed by atoms with Crippen LogP contribution in [0, 0.1) is 0 Å². The lowest BCUT2D eigenvalue weighted by molar-refractivity contribution is -0.300. The van der Waals surface area contributed by atoms with Gasteiger partial charge in [0.05, 0.1) is 0 Å². The van der Waals surface area contributed by atoms with Gasteiger partial charge in [0.25, 0.3) is 6.36 Å². The third-order valence-corrected chi connectivity index (χ3v) is 0.480. The number of hydrogen-bond acceptors (Lipinski definition) is 2. The standard InChI is InChI=1S/C3H5F3O2/c1-8-2(4)3(5,6)7/h2,7H,1H3. The first-order valence-electron chi connectivity index (χ1n) is 1.75. The van der Waals surface area contributed by atoms with Crippen molar-refractivity contribution >= 4 is 0 Å². The van der Waals surface area contributed by atoms with Crippen LogP contribution >= 0.6 is 0 Å². The third-order valence-electron chi connectivity index (χ3n) is 0.480. The number of rotatable bonds is 2. The van der Waals surface area contributed by atoms with E-state index < -0.39 is 12.5 Å². The Morgan fingerprint density at radius 1 is 1.62 bits per heavy atom. The fourth-order valence-electron chi connectivity index (χ4n) is 0.142. The molecule has 0 aromatic heterocycles. The molecule has 8 heavy (non-hydrogen) atoms. The van der Waals surface area contributed by atoms with Gasteiger partial charge in [-0.2, -0.15) is 8.78 Å². The van der Waals surface area contributed by atoms with Gasteiger partial charge in [-0.05, 0) is 0 Å². The summed E-state index contributed by atoms with van der Waals surface area (Å²) in [5, 5.41) is 7.45. The molecule has 0 aromatic carbocycles. The van der Waals surface area contributed by atoms with Gasteiger partial charge in [0.15, 0.2) is 0 Å². The molecule has 1 unspecified atom stereocenters. The molecule has 1 atom stereocenters. The van der Waals surface area contributed by atoms with Gasteiger partial charge < -0.3 is 9.84 Å². The summed E-state index contributed by atoms with van der Waals surface area (Å²) in [6.07, 6.45) is -7.31. The van der Waals surface area contributed by atoms with Crippen LogP contribution in [0.4, 0.5) is 13.2 Å². The van der Waals surface area contributed by atoms with Crippen molar-refractivity contribution in [3.05, 3.63) is 0 Å². The van der Waals surface area contributed by atoms with E-state index in [2.05, 4.69) is 4.74 Å². The number of halogens is 3. The van der Waals surface area contributed by atoms with Gasteiger partial charge in [-0.1, -0.05) is 0 Å². The molecule has 0 aromatic rings. The minimum atomic E-state index is -4.38. The molecule has 0 saturated heterocycles. The second kappa shape index (κ2) is 2.32. The maximum Gasteiger partial charge on any atom is 0.409 e. The minimum absolute atomic E-state index is 0.731. The van der Waals surface area contributed by atoms with E-state index in [-0.39, 0.29) is 0 Å². The first-order chi connectivity index (χ1) is 3.48. The quantitative estimate of drug-likeness (QED) is 0.590. The molecule has 0 rings (SSSR count). The van der Waals surface area contributed by atoms with Crippen molar-refractivity contribution < 1.29 is 23.0 Å². The van der Waals surface area contributed by atoms with Crippen LogP contribution < -0.4 is 0 Å². The van der Waals surface area contributed by atoms with Crippen molar-refractivity contribution in [2.45, 2.75) is 12.5 Å². The predicted octanol–water partition coefficient (Wildman–Crippen LogP) is 0.514. The molecule has 0 radical (unpaired) electrons. The van der Waals surface area contributed by atoms with Crippen LogP contribution in [-0.4, -0.2) is 24.7 Å². The highest BCUT2D eigenvalue weighted by atomic mass is 19.3. The third kappa shape index (κ3) is 2.13. The Bertz CT molecular complexity index is 69.4. The Morgan fingerprint density at radius 2 is 2.00 bits per heavy atom. The lowest BCUT2D eigenvalue weighted by Crippen LogP contribution is -2.30. The highest BCUT2D eigenvalue weighted by molar-refractivity contribution is 4.50. The van der Waals surface area contributed by atoms with Gasteiger partial charge in [0.2, 0.25) is 0 Å². The molecule has 0 aliphatic carbocycles. The Labute approximate surface area is 43.9 Å². The lowest BCUT2D eigenvalue weighted by Gasteiger charge is -2.10. The summed E-state index contributed by atoms with van der Waals surface area (Å²) in [6, 6.07) is 0. The highest BCUT2D eigenvalue weighted by Crippen LogP contribution is 2.16. The molecule has 2 nitrogen and oxygen atoms in total. The normalized spacial score (nSPS) is 16.1. The van der Waals surface area contributed by atoms with E-state index >= 15 is 0 Å². The van der Waals surface area contributed by atoms with Gasteiger partial charge in [0, 0.05) is 7.11 Å². The monoisotopic (exact) mass is 130 g/mol. The van der Waals surface area contributed by atoms with E-state index in [4.69, 9.17) is 5.11 Å². The summed E-state index contributed by atoms with van der Waals surface area (Å²) in [7, 11) is 0.731. The van der Waals surface area contributed by atoms with Crippen molar-refractivity contribution in [3.63, 3.8) is 0 Å². The van der Waals surface area contributed by atoms with Crippen molar-refractivity contribution in [2.75, 3.05) is 7.11 Å². The maximum absolute atomic E-state index is 11.4. The molecule has 0 amide bonds. The van der Waals surface area contributed by atoms with Gasteiger partial charge in [0.1, 0.15) is 0 Å². The molecule has 5 heteroatoms. The van der Waals surface area contributed by atoms with Crippen LogP contribution in [0.15, 0.2) is 0 Å². The Morgan fingerprint density at radius 3 is 2.00 bits per heavy atom. The summed E-state index contributed by atoms with van der Waals surface area (Å²) in [5.41, 5.74) is 0.